The number of hydrogen-bond donors (Lipinski definition) is 1. The molecule has 0 saturated carbocycles. The van der Waals surface area contributed by atoms with E-state index in [1.165, 1.54) is 0 Å². The third kappa shape index (κ3) is 5.15. The van der Waals surface area contributed by atoms with Gasteiger partial charge in [0, 0.05) is 63.3 Å². The van der Waals surface area contributed by atoms with Gasteiger partial charge in [0.25, 0.3) is 0 Å². The summed E-state index contributed by atoms with van der Waals surface area (Å²) in [7, 11) is 0. The first-order valence-corrected chi connectivity index (χ1v) is 9.94. The first-order chi connectivity index (χ1) is 12.9. The third-order valence-electron chi connectivity index (χ3n) is 4.75. The van der Waals surface area contributed by atoms with Gasteiger partial charge in [0.05, 0.1) is 10.0 Å². The minimum Gasteiger partial charge on any atom is -0.333 e. The number of halogens is 2. The third-order valence-corrected chi connectivity index (χ3v) is 5.49. The quantitative estimate of drug-likeness (QED) is 0.805. The lowest BCUT2D eigenvalue weighted by atomic mass is 10.2. The zero-order valence-corrected chi connectivity index (χ0v) is 17.2. The number of amides is 2. The molecule has 0 radical (unpaired) electrons. The number of anilines is 1. The average Bonchev–Trinajstić information content (AvgIpc) is 3.12. The molecule has 1 aromatic carbocycles. The molecule has 1 fully saturated rings. The maximum atomic E-state index is 12.4. The molecule has 0 aliphatic carbocycles. The van der Waals surface area contributed by atoms with E-state index in [1.54, 1.807) is 18.2 Å². The molecule has 1 aromatic heterocycles. The fraction of sp³-hybridized carbons (Fsp3) is 0.474. The number of hydrogen-bond acceptors (Lipinski definition) is 3. The van der Waals surface area contributed by atoms with E-state index in [1.807, 2.05) is 17.3 Å². The summed E-state index contributed by atoms with van der Waals surface area (Å²) in [6, 6.07) is 4.98. The van der Waals surface area contributed by atoms with Crippen LogP contribution in [-0.2, 0) is 6.54 Å². The number of carbonyl (C=O) groups is 1. The fourth-order valence-corrected chi connectivity index (χ4v) is 3.51. The maximum Gasteiger partial charge on any atom is 0.321 e. The van der Waals surface area contributed by atoms with Gasteiger partial charge in [0.15, 0.2) is 0 Å². The van der Waals surface area contributed by atoms with Crippen molar-refractivity contribution in [1.29, 1.82) is 0 Å². The van der Waals surface area contributed by atoms with Crippen molar-refractivity contribution in [3.8, 4) is 0 Å². The summed E-state index contributed by atoms with van der Waals surface area (Å²) in [5, 5.41) is 3.79. The SMILES string of the molecule is CC(C)c1nccn1CCN1CCN(C(=O)Nc2ccc(Cl)c(Cl)c2)CC1. The van der Waals surface area contributed by atoms with Crippen LogP contribution >= 0.6 is 23.2 Å². The second-order valence-corrected chi connectivity index (χ2v) is 7.84. The van der Waals surface area contributed by atoms with Gasteiger partial charge in [-0.1, -0.05) is 37.0 Å². The average molecular weight is 410 g/mol. The maximum absolute atomic E-state index is 12.4. The molecule has 6 nitrogen and oxygen atoms in total. The molecule has 0 spiro atoms. The topological polar surface area (TPSA) is 53.4 Å². The lowest BCUT2D eigenvalue weighted by molar-refractivity contribution is 0.144. The Labute approximate surface area is 170 Å². The Kier molecular flexibility index (Phi) is 6.63. The van der Waals surface area contributed by atoms with Crippen LogP contribution in [0.4, 0.5) is 10.5 Å². The zero-order chi connectivity index (χ0) is 19.4. The highest BCUT2D eigenvalue weighted by Crippen LogP contribution is 2.25. The summed E-state index contributed by atoms with van der Waals surface area (Å²) in [5.74, 6) is 1.54. The highest BCUT2D eigenvalue weighted by molar-refractivity contribution is 6.42. The number of urea groups is 1. The van der Waals surface area contributed by atoms with E-state index >= 15 is 0 Å². The number of rotatable bonds is 5. The molecule has 2 amide bonds. The van der Waals surface area contributed by atoms with E-state index in [2.05, 4.69) is 33.6 Å². The lowest BCUT2D eigenvalue weighted by Crippen LogP contribution is -2.50. The Morgan fingerprint density at radius 3 is 2.56 bits per heavy atom. The van der Waals surface area contributed by atoms with Gasteiger partial charge in [0.2, 0.25) is 0 Å². The van der Waals surface area contributed by atoms with E-state index in [-0.39, 0.29) is 6.03 Å². The molecular weight excluding hydrogens is 385 g/mol. The molecule has 3 rings (SSSR count). The van der Waals surface area contributed by atoms with Gasteiger partial charge in [-0.05, 0) is 18.2 Å². The molecule has 0 unspecified atom stereocenters. The van der Waals surface area contributed by atoms with Crippen LogP contribution in [0.3, 0.4) is 0 Å². The Bertz CT molecular complexity index is 784. The first-order valence-electron chi connectivity index (χ1n) is 9.18. The summed E-state index contributed by atoms with van der Waals surface area (Å²) in [5.41, 5.74) is 0.651. The first kappa shape index (κ1) is 20.0. The van der Waals surface area contributed by atoms with Gasteiger partial charge in [0.1, 0.15) is 5.82 Å². The molecule has 0 atom stereocenters. The molecule has 1 saturated heterocycles. The van der Waals surface area contributed by atoms with Crippen LogP contribution in [0.15, 0.2) is 30.6 Å². The van der Waals surface area contributed by atoms with Crippen molar-refractivity contribution in [3.63, 3.8) is 0 Å². The smallest absolute Gasteiger partial charge is 0.321 e. The van der Waals surface area contributed by atoms with E-state index in [0.717, 1.165) is 32.0 Å². The van der Waals surface area contributed by atoms with Crippen molar-refractivity contribution < 1.29 is 4.79 Å². The summed E-state index contributed by atoms with van der Waals surface area (Å²) in [6.07, 6.45) is 3.90. The van der Waals surface area contributed by atoms with Crippen LogP contribution < -0.4 is 5.32 Å². The van der Waals surface area contributed by atoms with E-state index in [9.17, 15) is 4.79 Å². The number of benzene rings is 1. The largest absolute Gasteiger partial charge is 0.333 e. The highest BCUT2D eigenvalue weighted by atomic mass is 35.5. The van der Waals surface area contributed by atoms with Crippen molar-refractivity contribution in [2.75, 3.05) is 38.0 Å². The molecule has 146 valence electrons. The van der Waals surface area contributed by atoms with Gasteiger partial charge in [-0.15, -0.1) is 0 Å². The summed E-state index contributed by atoms with van der Waals surface area (Å²) >= 11 is 11.9. The number of aromatic nitrogens is 2. The number of nitrogens with zero attached hydrogens (tertiary/aromatic N) is 4. The second kappa shape index (κ2) is 8.95. The molecule has 27 heavy (non-hydrogen) atoms. The van der Waals surface area contributed by atoms with Crippen LogP contribution in [0.25, 0.3) is 0 Å². The standard InChI is InChI=1S/C19H25Cl2N5O/c1-14(2)18-22-5-6-25(18)10-7-24-8-11-26(12-9-24)19(27)23-15-3-4-16(20)17(21)13-15/h3-6,13-14H,7-12H2,1-2H3,(H,23,27). The minimum atomic E-state index is -0.107. The Morgan fingerprint density at radius 2 is 1.89 bits per heavy atom. The van der Waals surface area contributed by atoms with Crippen LogP contribution in [0.1, 0.15) is 25.6 Å². The van der Waals surface area contributed by atoms with Crippen LogP contribution in [0.2, 0.25) is 10.0 Å². The zero-order valence-electron chi connectivity index (χ0n) is 15.7. The predicted octanol–water partition coefficient (Wildman–Crippen LogP) is 4.16. The Hall–Kier alpha value is -1.76. The van der Waals surface area contributed by atoms with Crippen molar-refractivity contribution in [3.05, 3.63) is 46.5 Å². The number of piperazine rings is 1. The minimum absolute atomic E-state index is 0.107. The van der Waals surface area contributed by atoms with Crippen molar-refractivity contribution in [1.82, 2.24) is 19.4 Å². The van der Waals surface area contributed by atoms with Crippen LogP contribution in [0.5, 0.6) is 0 Å². The van der Waals surface area contributed by atoms with Gasteiger partial charge in [-0.2, -0.15) is 0 Å². The van der Waals surface area contributed by atoms with Crippen molar-refractivity contribution in [2.24, 2.45) is 0 Å². The molecule has 0 bridgehead atoms. The normalized spacial score (nSPS) is 15.4. The molecule has 1 aliphatic rings. The van der Waals surface area contributed by atoms with E-state index in [0.29, 0.717) is 34.7 Å². The van der Waals surface area contributed by atoms with Crippen LogP contribution in [-0.4, -0.2) is 58.1 Å². The number of imidazole rings is 1. The predicted molar refractivity (Wildman–Crippen MR) is 110 cm³/mol. The van der Waals surface area contributed by atoms with Gasteiger partial charge >= 0.3 is 6.03 Å². The second-order valence-electron chi connectivity index (χ2n) is 7.02. The molecule has 2 aromatic rings. The van der Waals surface area contributed by atoms with E-state index < -0.39 is 0 Å². The Balaban J connectivity index is 1.46. The Morgan fingerprint density at radius 1 is 1.15 bits per heavy atom. The van der Waals surface area contributed by atoms with Gasteiger partial charge in [-0.25, -0.2) is 9.78 Å². The van der Waals surface area contributed by atoms with Gasteiger partial charge in [-0.3, -0.25) is 4.90 Å². The van der Waals surface area contributed by atoms with Gasteiger partial charge < -0.3 is 14.8 Å². The highest BCUT2D eigenvalue weighted by Gasteiger charge is 2.21. The lowest BCUT2D eigenvalue weighted by Gasteiger charge is -2.34. The van der Waals surface area contributed by atoms with Crippen molar-refractivity contribution in [2.45, 2.75) is 26.3 Å². The summed E-state index contributed by atoms with van der Waals surface area (Å²) < 4.78 is 2.22. The monoisotopic (exact) mass is 409 g/mol. The number of nitrogens with one attached hydrogen (secondary N) is 1. The molecular formula is C19H25Cl2N5O. The molecule has 1 N–H and O–H groups in total. The summed E-state index contributed by atoms with van der Waals surface area (Å²) in [4.78, 5) is 21.1. The molecule has 2 heterocycles. The number of carbonyl (C=O) groups excluding carboxylic acids is 1. The summed E-state index contributed by atoms with van der Waals surface area (Å²) in [6.45, 7) is 9.32. The molecule has 8 heteroatoms. The fourth-order valence-electron chi connectivity index (χ4n) is 3.21. The molecule has 1 aliphatic heterocycles. The van der Waals surface area contributed by atoms with Crippen molar-refractivity contribution >= 4 is 34.9 Å². The van der Waals surface area contributed by atoms with Crippen LogP contribution in [0, 0.1) is 0 Å². The van der Waals surface area contributed by atoms with E-state index in [4.69, 9.17) is 23.2 Å².